The normalized spacial score (nSPS) is 21.3. The molecule has 0 bridgehead atoms. The number of carbonyl (C=O) groups excluding carboxylic acids is 3. The number of hydrogen-bond donors (Lipinski definition) is 1. The summed E-state index contributed by atoms with van der Waals surface area (Å²) in [4.78, 5) is 38.6. The summed E-state index contributed by atoms with van der Waals surface area (Å²) in [7, 11) is 1.34. The molecule has 5 heteroatoms. The number of ketones is 2. The highest BCUT2D eigenvalue weighted by Gasteiger charge is 2.46. The fourth-order valence-electron chi connectivity index (χ4n) is 5.05. The summed E-state index contributed by atoms with van der Waals surface area (Å²) in [6.07, 6.45) is 1.17. The molecule has 0 spiro atoms. The highest BCUT2D eigenvalue weighted by atomic mass is 16.5. The van der Waals surface area contributed by atoms with Crippen molar-refractivity contribution in [3.05, 3.63) is 87.6 Å². The standard InChI is InChI=1S/C26H23NO4/c1-26(2)12-18-21(19(28)13-26)20(14-8-10-15(11-9-14)25(30)31-3)22-23(27-18)16-6-4-5-7-17(16)24(22)29/h4-11,20,27H,12-13H2,1-3H3/t20-/m1/s1. The zero-order valence-electron chi connectivity index (χ0n) is 17.7. The van der Waals surface area contributed by atoms with Crippen molar-refractivity contribution in [2.75, 3.05) is 7.11 Å². The maximum atomic E-state index is 13.4. The monoisotopic (exact) mass is 413 g/mol. The van der Waals surface area contributed by atoms with Crippen molar-refractivity contribution in [2.24, 2.45) is 5.41 Å². The van der Waals surface area contributed by atoms with Gasteiger partial charge in [-0.15, -0.1) is 0 Å². The number of Topliss-reactive ketones (excluding diaryl/α,β-unsaturated/α-hetero) is 2. The Morgan fingerprint density at radius 1 is 0.968 bits per heavy atom. The predicted octanol–water partition coefficient (Wildman–Crippen LogP) is 4.41. The van der Waals surface area contributed by atoms with Crippen LogP contribution >= 0.6 is 0 Å². The van der Waals surface area contributed by atoms with Crippen LogP contribution < -0.4 is 5.32 Å². The number of fused-ring (bicyclic) bond motifs is 2. The van der Waals surface area contributed by atoms with Gasteiger partial charge in [-0.3, -0.25) is 9.59 Å². The third-order valence-corrected chi connectivity index (χ3v) is 6.39. The molecule has 1 N–H and O–H groups in total. The Bertz CT molecular complexity index is 1210. The topological polar surface area (TPSA) is 72.5 Å². The van der Waals surface area contributed by atoms with Gasteiger partial charge in [-0.2, -0.15) is 0 Å². The fourth-order valence-corrected chi connectivity index (χ4v) is 5.05. The molecule has 1 aliphatic heterocycles. The van der Waals surface area contributed by atoms with Gasteiger partial charge >= 0.3 is 5.97 Å². The number of esters is 1. The highest BCUT2D eigenvalue weighted by molar-refractivity contribution is 6.23. The molecule has 0 unspecified atom stereocenters. The Morgan fingerprint density at radius 2 is 1.65 bits per heavy atom. The van der Waals surface area contributed by atoms with Crippen LogP contribution in [0.15, 0.2) is 65.4 Å². The second kappa shape index (κ2) is 6.77. The minimum Gasteiger partial charge on any atom is -0.465 e. The highest BCUT2D eigenvalue weighted by Crippen LogP contribution is 2.51. The predicted molar refractivity (Wildman–Crippen MR) is 116 cm³/mol. The number of methoxy groups -OCH3 is 1. The molecule has 0 saturated heterocycles. The van der Waals surface area contributed by atoms with Crippen molar-refractivity contribution in [1.82, 2.24) is 5.32 Å². The summed E-state index contributed by atoms with van der Waals surface area (Å²) in [5.41, 5.74) is 5.61. The molecule has 0 fully saturated rings. The number of rotatable bonds is 2. The Kier molecular flexibility index (Phi) is 4.26. The van der Waals surface area contributed by atoms with E-state index in [1.165, 1.54) is 7.11 Å². The van der Waals surface area contributed by atoms with Crippen LogP contribution in [0.25, 0.3) is 5.70 Å². The molecule has 0 saturated carbocycles. The Hall–Kier alpha value is -3.47. The molecule has 0 radical (unpaired) electrons. The summed E-state index contributed by atoms with van der Waals surface area (Å²) >= 11 is 0. The number of carbonyl (C=O) groups is 3. The lowest BCUT2D eigenvalue weighted by atomic mass is 9.68. The van der Waals surface area contributed by atoms with Gasteiger partial charge in [0.1, 0.15) is 0 Å². The molecule has 1 heterocycles. The summed E-state index contributed by atoms with van der Waals surface area (Å²) < 4.78 is 4.80. The van der Waals surface area contributed by atoms with Gasteiger partial charge < -0.3 is 10.1 Å². The van der Waals surface area contributed by atoms with E-state index < -0.39 is 11.9 Å². The van der Waals surface area contributed by atoms with Gasteiger partial charge in [0.05, 0.1) is 18.4 Å². The van der Waals surface area contributed by atoms with Crippen LogP contribution in [0.3, 0.4) is 0 Å². The Morgan fingerprint density at radius 3 is 2.32 bits per heavy atom. The third-order valence-electron chi connectivity index (χ3n) is 6.39. The fraction of sp³-hybridized carbons (Fsp3) is 0.269. The average Bonchev–Trinajstić information content (AvgIpc) is 3.03. The number of nitrogens with one attached hydrogen (secondary N) is 1. The minimum atomic E-state index is -0.457. The molecule has 31 heavy (non-hydrogen) atoms. The first-order chi connectivity index (χ1) is 14.8. The van der Waals surface area contributed by atoms with E-state index >= 15 is 0 Å². The maximum Gasteiger partial charge on any atom is 0.337 e. The van der Waals surface area contributed by atoms with E-state index in [0.29, 0.717) is 28.7 Å². The molecule has 2 aliphatic carbocycles. The number of allylic oxidation sites excluding steroid dienone is 3. The summed E-state index contributed by atoms with van der Waals surface area (Å²) in [5.74, 6) is -0.863. The van der Waals surface area contributed by atoms with E-state index in [4.69, 9.17) is 4.74 Å². The van der Waals surface area contributed by atoms with Crippen LogP contribution in [-0.4, -0.2) is 24.6 Å². The van der Waals surface area contributed by atoms with Crippen molar-refractivity contribution < 1.29 is 19.1 Å². The molecular formula is C26H23NO4. The van der Waals surface area contributed by atoms with Crippen molar-refractivity contribution in [2.45, 2.75) is 32.6 Å². The first kappa shape index (κ1) is 19.5. The smallest absolute Gasteiger partial charge is 0.337 e. The number of ether oxygens (including phenoxy) is 1. The zero-order chi connectivity index (χ0) is 21.9. The van der Waals surface area contributed by atoms with Gasteiger partial charge in [0.2, 0.25) is 0 Å². The van der Waals surface area contributed by atoms with Crippen molar-refractivity contribution in [1.29, 1.82) is 0 Å². The number of hydrogen-bond acceptors (Lipinski definition) is 5. The zero-order valence-corrected chi connectivity index (χ0v) is 17.7. The first-order valence-corrected chi connectivity index (χ1v) is 10.4. The van der Waals surface area contributed by atoms with Crippen molar-refractivity contribution in [3.8, 4) is 0 Å². The van der Waals surface area contributed by atoms with Crippen LogP contribution in [0, 0.1) is 5.41 Å². The molecule has 1 atom stereocenters. The van der Waals surface area contributed by atoms with Crippen LogP contribution in [-0.2, 0) is 9.53 Å². The summed E-state index contributed by atoms with van der Waals surface area (Å²) in [6.45, 7) is 4.18. The number of benzene rings is 2. The summed E-state index contributed by atoms with van der Waals surface area (Å²) in [6, 6.07) is 14.6. The largest absolute Gasteiger partial charge is 0.465 e. The van der Waals surface area contributed by atoms with Gasteiger partial charge in [0.25, 0.3) is 0 Å². The lowest BCUT2D eigenvalue weighted by Gasteiger charge is -2.39. The van der Waals surface area contributed by atoms with Crippen molar-refractivity contribution in [3.63, 3.8) is 0 Å². The van der Waals surface area contributed by atoms with E-state index in [9.17, 15) is 14.4 Å². The van der Waals surface area contributed by atoms with Crippen LogP contribution in [0.4, 0.5) is 0 Å². The summed E-state index contributed by atoms with van der Waals surface area (Å²) in [5, 5.41) is 3.47. The molecular weight excluding hydrogens is 390 g/mol. The molecule has 0 aromatic heterocycles. The van der Waals surface area contributed by atoms with E-state index in [0.717, 1.165) is 28.9 Å². The molecule has 5 nitrogen and oxygen atoms in total. The van der Waals surface area contributed by atoms with Crippen LogP contribution in [0.5, 0.6) is 0 Å². The van der Waals surface area contributed by atoms with E-state index in [-0.39, 0.29) is 17.0 Å². The van der Waals surface area contributed by atoms with E-state index in [1.807, 2.05) is 36.4 Å². The van der Waals surface area contributed by atoms with E-state index in [2.05, 4.69) is 19.2 Å². The quantitative estimate of drug-likeness (QED) is 0.739. The maximum absolute atomic E-state index is 13.4. The third kappa shape index (κ3) is 2.95. The molecule has 0 amide bonds. The SMILES string of the molecule is COC(=O)c1ccc([C@@H]2C3=C(CC(C)(C)CC3=O)NC3=C2C(=O)c2ccccc23)cc1. The van der Waals surface area contributed by atoms with Gasteiger partial charge in [0, 0.05) is 40.3 Å². The molecule has 3 aliphatic rings. The van der Waals surface area contributed by atoms with Gasteiger partial charge in [-0.25, -0.2) is 4.79 Å². The second-order valence-electron chi connectivity index (χ2n) is 9.17. The molecule has 2 aromatic rings. The van der Waals surface area contributed by atoms with Crippen LogP contribution in [0.1, 0.15) is 64.4 Å². The molecule has 2 aromatic carbocycles. The van der Waals surface area contributed by atoms with Gasteiger partial charge in [-0.1, -0.05) is 50.2 Å². The number of dihydropyridines is 1. The van der Waals surface area contributed by atoms with Gasteiger partial charge in [0.15, 0.2) is 11.6 Å². The first-order valence-electron chi connectivity index (χ1n) is 10.4. The van der Waals surface area contributed by atoms with Crippen molar-refractivity contribution >= 4 is 23.2 Å². The van der Waals surface area contributed by atoms with E-state index in [1.54, 1.807) is 12.1 Å². The average molecular weight is 413 g/mol. The van der Waals surface area contributed by atoms with Gasteiger partial charge in [-0.05, 0) is 29.5 Å². The minimum absolute atomic E-state index is 0.0515. The molecule has 5 rings (SSSR count). The Labute approximate surface area is 180 Å². The lowest BCUT2D eigenvalue weighted by molar-refractivity contribution is -0.118. The van der Waals surface area contributed by atoms with Crippen LogP contribution in [0.2, 0.25) is 0 Å². The Balaban J connectivity index is 1.69. The second-order valence-corrected chi connectivity index (χ2v) is 9.17. The lowest BCUT2D eigenvalue weighted by Crippen LogP contribution is -2.37. The molecule has 156 valence electrons.